The Morgan fingerprint density at radius 3 is 2.85 bits per heavy atom. The van der Waals surface area contributed by atoms with Crippen molar-refractivity contribution in [3.05, 3.63) is 66.5 Å². The first kappa shape index (κ1) is 21.3. The van der Waals surface area contributed by atoms with Gasteiger partial charge in [-0.25, -0.2) is 9.67 Å². The Balaban J connectivity index is 1.41. The van der Waals surface area contributed by atoms with Gasteiger partial charge in [-0.05, 0) is 75.6 Å². The SMILES string of the molecule is CN1CCC(CCNC(=O)c2cc(-c3cccnc3)nc3c2cnn3Cc2ccco2)CC1. The summed E-state index contributed by atoms with van der Waals surface area (Å²) in [6, 6.07) is 9.38. The summed E-state index contributed by atoms with van der Waals surface area (Å²) in [5.41, 5.74) is 2.77. The average Bonchev–Trinajstić information content (AvgIpc) is 3.51. The van der Waals surface area contributed by atoms with Gasteiger partial charge in [0, 0.05) is 24.5 Å². The molecule has 8 heteroatoms. The molecule has 1 amide bonds. The van der Waals surface area contributed by atoms with Crippen LogP contribution in [0.4, 0.5) is 0 Å². The van der Waals surface area contributed by atoms with Gasteiger partial charge in [0.15, 0.2) is 5.65 Å². The number of aromatic nitrogens is 4. The van der Waals surface area contributed by atoms with Crippen LogP contribution < -0.4 is 5.32 Å². The molecule has 170 valence electrons. The smallest absolute Gasteiger partial charge is 0.252 e. The summed E-state index contributed by atoms with van der Waals surface area (Å²) in [5, 5.41) is 8.36. The molecular weight excluding hydrogens is 416 g/mol. The predicted molar refractivity (Wildman–Crippen MR) is 126 cm³/mol. The Kier molecular flexibility index (Phi) is 6.17. The fraction of sp³-hybridized carbons (Fsp3) is 0.360. The number of carbonyl (C=O) groups is 1. The summed E-state index contributed by atoms with van der Waals surface area (Å²) in [4.78, 5) is 24.6. The van der Waals surface area contributed by atoms with E-state index in [9.17, 15) is 4.79 Å². The van der Waals surface area contributed by atoms with Crippen molar-refractivity contribution in [3.8, 4) is 11.3 Å². The molecule has 1 saturated heterocycles. The minimum absolute atomic E-state index is 0.0991. The second-order valence-corrected chi connectivity index (χ2v) is 8.71. The maximum atomic E-state index is 13.2. The van der Waals surface area contributed by atoms with Crippen molar-refractivity contribution in [2.24, 2.45) is 5.92 Å². The van der Waals surface area contributed by atoms with Crippen LogP contribution in [0.2, 0.25) is 0 Å². The van der Waals surface area contributed by atoms with E-state index in [1.807, 2.05) is 30.3 Å². The van der Waals surface area contributed by atoms with Gasteiger partial charge in [0.1, 0.15) is 12.3 Å². The number of nitrogens with zero attached hydrogens (tertiary/aromatic N) is 5. The molecular formula is C25H28N6O2. The molecule has 0 saturated carbocycles. The maximum absolute atomic E-state index is 13.2. The molecule has 0 unspecified atom stereocenters. The normalized spacial score (nSPS) is 15.2. The van der Waals surface area contributed by atoms with E-state index in [1.165, 1.54) is 12.8 Å². The third-order valence-corrected chi connectivity index (χ3v) is 6.37. The third kappa shape index (κ3) is 4.80. The third-order valence-electron chi connectivity index (χ3n) is 6.37. The minimum Gasteiger partial charge on any atom is -0.467 e. The van der Waals surface area contributed by atoms with Crippen LogP contribution in [0.25, 0.3) is 22.3 Å². The average molecular weight is 445 g/mol. The van der Waals surface area contributed by atoms with Gasteiger partial charge in [0.2, 0.25) is 0 Å². The van der Waals surface area contributed by atoms with Crippen LogP contribution in [-0.2, 0) is 6.54 Å². The number of fused-ring (bicyclic) bond motifs is 1. The molecule has 0 spiro atoms. The second kappa shape index (κ2) is 9.54. The minimum atomic E-state index is -0.0991. The van der Waals surface area contributed by atoms with Crippen molar-refractivity contribution in [3.63, 3.8) is 0 Å². The zero-order valence-electron chi connectivity index (χ0n) is 18.8. The Bertz CT molecular complexity index is 1210. The van der Waals surface area contributed by atoms with Crippen LogP contribution in [0.3, 0.4) is 0 Å². The number of piperidine rings is 1. The Labute approximate surface area is 192 Å². The van der Waals surface area contributed by atoms with E-state index in [2.05, 4.69) is 27.3 Å². The quantitative estimate of drug-likeness (QED) is 0.469. The number of furan rings is 1. The fourth-order valence-corrected chi connectivity index (χ4v) is 4.40. The van der Waals surface area contributed by atoms with Crippen molar-refractivity contribution in [2.45, 2.75) is 25.8 Å². The van der Waals surface area contributed by atoms with E-state index in [0.29, 0.717) is 35.9 Å². The summed E-state index contributed by atoms with van der Waals surface area (Å²) < 4.78 is 7.25. The zero-order chi connectivity index (χ0) is 22.6. The highest BCUT2D eigenvalue weighted by atomic mass is 16.3. The van der Waals surface area contributed by atoms with Crippen LogP contribution in [0.15, 0.2) is 59.6 Å². The van der Waals surface area contributed by atoms with Crippen molar-refractivity contribution in [2.75, 3.05) is 26.7 Å². The van der Waals surface area contributed by atoms with E-state index in [1.54, 1.807) is 29.5 Å². The van der Waals surface area contributed by atoms with Crippen LogP contribution in [0.1, 0.15) is 35.4 Å². The molecule has 8 nitrogen and oxygen atoms in total. The van der Waals surface area contributed by atoms with E-state index < -0.39 is 0 Å². The number of amides is 1. The molecule has 1 aliphatic heterocycles. The van der Waals surface area contributed by atoms with Gasteiger partial charge in [-0.1, -0.05) is 0 Å². The largest absolute Gasteiger partial charge is 0.467 e. The van der Waals surface area contributed by atoms with Gasteiger partial charge in [0.25, 0.3) is 5.91 Å². The summed E-state index contributed by atoms with van der Waals surface area (Å²) in [7, 11) is 2.17. The highest BCUT2D eigenvalue weighted by molar-refractivity contribution is 6.06. The van der Waals surface area contributed by atoms with Gasteiger partial charge in [-0.3, -0.25) is 9.78 Å². The van der Waals surface area contributed by atoms with E-state index >= 15 is 0 Å². The summed E-state index contributed by atoms with van der Waals surface area (Å²) in [6.07, 6.45) is 10.2. The Hall–Kier alpha value is -3.52. The van der Waals surface area contributed by atoms with Crippen molar-refractivity contribution >= 4 is 16.9 Å². The molecule has 0 aromatic carbocycles. The van der Waals surface area contributed by atoms with Gasteiger partial charge >= 0.3 is 0 Å². The molecule has 1 N–H and O–H groups in total. The van der Waals surface area contributed by atoms with Gasteiger partial charge < -0.3 is 14.6 Å². The monoisotopic (exact) mass is 444 g/mol. The first-order valence-corrected chi connectivity index (χ1v) is 11.4. The number of nitrogens with one attached hydrogen (secondary N) is 1. The van der Waals surface area contributed by atoms with E-state index in [-0.39, 0.29) is 5.91 Å². The lowest BCUT2D eigenvalue weighted by atomic mass is 9.94. The topological polar surface area (TPSA) is 89.1 Å². The molecule has 0 atom stereocenters. The Morgan fingerprint density at radius 2 is 2.09 bits per heavy atom. The van der Waals surface area contributed by atoms with E-state index in [0.717, 1.165) is 36.2 Å². The zero-order valence-corrected chi connectivity index (χ0v) is 18.8. The molecule has 5 heterocycles. The van der Waals surface area contributed by atoms with Crippen molar-refractivity contribution in [1.82, 2.24) is 30.0 Å². The lowest BCUT2D eigenvalue weighted by molar-refractivity contribution is 0.0950. The fourth-order valence-electron chi connectivity index (χ4n) is 4.40. The summed E-state index contributed by atoms with van der Waals surface area (Å²) in [6.45, 7) is 3.37. The molecule has 5 rings (SSSR count). The number of carbonyl (C=O) groups excluding carboxylic acids is 1. The highest BCUT2D eigenvalue weighted by Crippen LogP contribution is 2.25. The number of pyridine rings is 2. The standard InChI is InChI=1S/C25H28N6O2/c1-30-11-7-18(8-12-30)6-10-27-25(32)21-14-23(19-4-2-9-26-15-19)29-24-22(21)16-28-31(24)17-20-5-3-13-33-20/h2-5,9,13-16,18H,6-8,10-12,17H2,1H3,(H,27,32). The molecule has 0 bridgehead atoms. The molecule has 1 fully saturated rings. The first-order chi connectivity index (χ1) is 16.2. The van der Waals surface area contributed by atoms with Gasteiger partial charge in [0.05, 0.1) is 29.1 Å². The number of rotatable bonds is 7. The van der Waals surface area contributed by atoms with E-state index in [4.69, 9.17) is 9.40 Å². The molecule has 0 radical (unpaired) electrons. The van der Waals surface area contributed by atoms with Crippen molar-refractivity contribution < 1.29 is 9.21 Å². The van der Waals surface area contributed by atoms with Crippen LogP contribution >= 0.6 is 0 Å². The maximum Gasteiger partial charge on any atom is 0.252 e. The summed E-state index contributed by atoms with van der Waals surface area (Å²) >= 11 is 0. The molecule has 33 heavy (non-hydrogen) atoms. The molecule has 0 aliphatic carbocycles. The molecule has 4 aromatic heterocycles. The number of hydrogen-bond donors (Lipinski definition) is 1. The Morgan fingerprint density at radius 1 is 1.21 bits per heavy atom. The number of likely N-dealkylation sites (tertiary alicyclic amines) is 1. The lowest BCUT2D eigenvalue weighted by Gasteiger charge is -2.28. The number of hydrogen-bond acceptors (Lipinski definition) is 6. The second-order valence-electron chi connectivity index (χ2n) is 8.71. The highest BCUT2D eigenvalue weighted by Gasteiger charge is 2.20. The van der Waals surface area contributed by atoms with Crippen molar-refractivity contribution in [1.29, 1.82) is 0 Å². The van der Waals surface area contributed by atoms with Crippen LogP contribution in [0, 0.1) is 5.92 Å². The first-order valence-electron chi connectivity index (χ1n) is 11.4. The van der Waals surface area contributed by atoms with Crippen LogP contribution in [-0.4, -0.2) is 57.2 Å². The predicted octanol–water partition coefficient (Wildman–Crippen LogP) is 3.60. The lowest BCUT2D eigenvalue weighted by Crippen LogP contribution is -2.32. The van der Waals surface area contributed by atoms with Gasteiger partial charge in [-0.2, -0.15) is 5.10 Å². The summed E-state index contributed by atoms with van der Waals surface area (Å²) in [5.74, 6) is 1.34. The molecule has 4 aromatic rings. The van der Waals surface area contributed by atoms with Crippen LogP contribution in [0.5, 0.6) is 0 Å². The molecule has 1 aliphatic rings. The van der Waals surface area contributed by atoms with Gasteiger partial charge in [-0.15, -0.1) is 0 Å².